The number of carbonyl (C=O) groups excluding carboxylic acids is 1. The van der Waals surface area contributed by atoms with Crippen LogP contribution in [0.4, 0.5) is 27.6 Å². The quantitative estimate of drug-likeness (QED) is 0.530. The van der Waals surface area contributed by atoms with Crippen molar-refractivity contribution in [2.24, 2.45) is 0 Å². The maximum atomic E-state index is 13.5. The van der Waals surface area contributed by atoms with Crippen molar-refractivity contribution >= 4 is 22.6 Å². The number of nitrogens with one attached hydrogen (secondary N) is 1. The predicted molar refractivity (Wildman–Crippen MR) is 88.0 cm³/mol. The molecule has 3 rings (SSSR count). The van der Waals surface area contributed by atoms with E-state index in [4.69, 9.17) is 9.15 Å². The van der Waals surface area contributed by atoms with Gasteiger partial charge in [0.15, 0.2) is 6.61 Å². The van der Waals surface area contributed by atoms with E-state index in [-0.39, 0.29) is 22.4 Å². The van der Waals surface area contributed by atoms with E-state index < -0.39 is 41.5 Å². The molecular formula is C18H10F5NO4. The van der Waals surface area contributed by atoms with Crippen molar-refractivity contribution in [1.82, 2.24) is 0 Å². The van der Waals surface area contributed by atoms with Gasteiger partial charge in [-0.2, -0.15) is 13.2 Å². The summed E-state index contributed by atoms with van der Waals surface area (Å²) in [6, 6.07) is 6.11. The monoisotopic (exact) mass is 399 g/mol. The van der Waals surface area contributed by atoms with E-state index in [0.717, 1.165) is 30.3 Å². The second kappa shape index (κ2) is 7.29. The van der Waals surface area contributed by atoms with Crippen molar-refractivity contribution in [1.29, 1.82) is 0 Å². The molecule has 2 aromatic carbocycles. The number of anilines is 1. The number of halogens is 5. The van der Waals surface area contributed by atoms with Gasteiger partial charge >= 0.3 is 11.8 Å². The molecular weight excluding hydrogens is 389 g/mol. The number of hydrogen-bond donors (Lipinski definition) is 1. The molecule has 146 valence electrons. The van der Waals surface area contributed by atoms with Crippen LogP contribution in [-0.2, 0) is 11.0 Å². The van der Waals surface area contributed by atoms with Crippen LogP contribution in [0.1, 0.15) is 5.56 Å². The largest absolute Gasteiger partial charge is 0.484 e. The first-order chi connectivity index (χ1) is 13.1. The maximum absolute atomic E-state index is 13.5. The molecule has 0 unspecified atom stereocenters. The van der Waals surface area contributed by atoms with E-state index in [1.807, 2.05) is 0 Å². The van der Waals surface area contributed by atoms with Gasteiger partial charge < -0.3 is 14.5 Å². The fourth-order valence-electron chi connectivity index (χ4n) is 2.39. The van der Waals surface area contributed by atoms with Crippen molar-refractivity contribution in [3.05, 3.63) is 70.1 Å². The second-order valence-electron chi connectivity index (χ2n) is 5.60. The van der Waals surface area contributed by atoms with Crippen molar-refractivity contribution in [3.8, 4) is 5.75 Å². The number of benzene rings is 2. The minimum Gasteiger partial charge on any atom is -0.484 e. The number of ether oxygens (including phenoxy) is 1. The van der Waals surface area contributed by atoms with E-state index in [2.05, 4.69) is 5.32 Å². The number of amides is 1. The van der Waals surface area contributed by atoms with Gasteiger partial charge in [0.05, 0.1) is 11.3 Å². The maximum Gasteiger partial charge on any atom is 0.417 e. The van der Waals surface area contributed by atoms with Gasteiger partial charge in [0.25, 0.3) is 5.91 Å². The summed E-state index contributed by atoms with van der Waals surface area (Å²) in [6.07, 6.45) is -4.75. The van der Waals surface area contributed by atoms with Crippen LogP contribution in [0.5, 0.6) is 5.75 Å². The first-order valence-electron chi connectivity index (χ1n) is 7.66. The third-order valence-electron chi connectivity index (χ3n) is 3.60. The highest BCUT2D eigenvalue weighted by atomic mass is 19.4. The highest BCUT2D eigenvalue weighted by Crippen LogP contribution is 2.34. The van der Waals surface area contributed by atoms with Gasteiger partial charge in [-0.3, -0.25) is 4.79 Å². The molecule has 0 spiro atoms. The summed E-state index contributed by atoms with van der Waals surface area (Å²) >= 11 is 0. The summed E-state index contributed by atoms with van der Waals surface area (Å²) in [5.41, 5.74) is -2.99. The number of rotatable bonds is 4. The lowest BCUT2D eigenvalue weighted by molar-refractivity contribution is -0.136. The van der Waals surface area contributed by atoms with E-state index in [1.54, 1.807) is 0 Å². The van der Waals surface area contributed by atoms with Gasteiger partial charge in [0.1, 0.15) is 23.0 Å². The summed E-state index contributed by atoms with van der Waals surface area (Å²) in [4.78, 5) is 23.2. The standard InChI is InChI=1S/C18H10F5NO4/c19-9-1-4-14(13(20)5-9)24-16(25)8-27-10-2-3-11-12(18(21,22)23)7-17(26)28-15(11)6-10/h1-7H,8H2,(H,24,25). The Morgan fingerprint density at radius 1 is 1.07 bits per heavy atom. The summed E-state index contributed by atoms with van der Waals surface area (Å²) < 4.78 is 75.2. The molecule has 1 N–H and O–H groups in total. The lowest BCUT2D eigenvalue weighted by Gasteiger charge is -2.11. The topological polar surface area (TPSA) is 68.5 Å². The van der Waals surface area contributed by atoms with Gasteiger partial charge in [-0.15, -0.1) is 0 Å². The van der Waals surface area contributed by atoms with Crippen molar-refractivity contribution in [2.75, 3.05) is 11.9 Å². The lowest BCUT2D eigenvalue weighted by atomic mass is 10.1. The Bertz CT molecular complexity index is 1110. The normalized spacial score (nSPS) is 11.5. The third-order valence-corrected chi connectivity index (χ3v) is 3.60. The smallest absolute Gasteiger partial charge is 0.417 e. The minimum atomic E-state index is -4.75. The van der Waals surface area contributed by atoms with Crippen LogP contribution in [0.3, 0.4) is 0 Å². The molecule has 0 bridgehead atoms. The number of carbonyl (C=O) groups is 1. The van der Waals surface area contributed by atoms with Crippen LogP contribution in [0, 0.1) is 11.6 Å². The van der Waals surface area contributed by atoms with E-state index >= 15 is 0 Å². The summed E-state index contributed by atoms with van der Waals surface area (Å²) in [6.45, 7) is -0.620. The molecule has 0 saturated carbocycles. The minimum absolute atomic E-state index is 0.0512. The van der Waals surface area contributed by atoms with Crippen LogP contribution < -0.4 is 15.7 Å². The Kier molecular flexibility index (Phi) is 5.04. The Balaban J connectivity index is 1.76. The molecule has 10 heteroatoms. The molecule has 3 aromatic rings. The first kappa shape index (κ1) is 19.3. The van der Waals surface area contributed by atoms with Gasteiger partial charge in [0.2, 0.25) is 0 Å². The molecule has 1 heterocycles. The second-order valence-corrected chi connectivity index (χ2v) is 5.60. The van der Waals surface area contributed by atoms with Crippen molar-refractivity contribution in [3.63, 3.8) is 0 Å². The highest BCUT2D eigenvalue weighted by Gasteiger charge is 2.33. The molecule has 0 aliphatic carbocycles. The van der Waals surface area contributed by atoms with Gasteiger partial charge in [-0.25, -0.2) is 13.6 Å². The van der Waals surface area contributed by atoms with Crippen LogP contribution in [-0.4, -0.2) is 12.5 Å². The van der Waals surface area contributed by atoms with Crippen LogP contribution in [0.15, 0.2) is 51.7 Å². The zero-order chi connectivity index (χ0) is 20.5. The fraction of sp³-hybridized carbons (Fsp3) is 0.111. The molecule has 0 aliphatic rings. The SMILES string of the molecule is O=C(COc1ccc2c(C(F)(F)F)cc(=O)oc2c1)Nc1ccc(F)cc1F. The number of alkyl halides is 3. The summed E-state index contributed by atoms with van der Waals surface area (Å²) in [5, 5.41) is 1.81. The van der Waals surface area contributed by atoms with Crippen molar-refractivity contribution < 1.29 is 35.9 Å². The average Bonchev–Trinajstić information content (AvgIpc) is 2.60. The molecule has 0 radical (unpaired) electrons. The molecule has 5 nitrogen and oxygen atoms in total. The lowest BCUT2D eigenvalue weighted by Crippen LogP contribution is -2.20. The Labute approximate surface area is 153 Å². The Morgan fingerprint density at radius 2 is 1.82 bits per heavy atom. The average molecular weight is 399 g/mol. The van der Waals surface area contributed by atoms with E-state index in [9.17, 15) is 31.5 Å². The van der Waals surface area contributed by atoms with E-state index in [0.29, 0.717) is 12.1 Å². The Hall–Kier alpha value is -3.43. The van der Waals surface area contributed by atoms with Gasteiger partial charge in [-0.05, 0) is 24.3 Å². The third kappa shape index (κ3) is 4.27. The Morgan fingerprint density at radius 3 is 2.50 bits per heavy atom. The van der Waals surface area contributed by atoms with Gasteiger partial charge in [0, 0.05) is 23.6 Å². The highest BCUT2D eigenvalue weighted by molar-refractivity contribution is 5.92. The van der Waals surface area contributed by atoms with E-state index in [1.165, 1.54) is 0 Å². The van der Waals surface area contributed by atoms with Crippen LogP contribution in [0.2, 0.25) is 0 Å². The van der Waals surface area contributed by atoms with Gasteiger partial charge in [-0.1, -0.05) is 0 Å². The fourth-order valence-corrected chi connectivity index (χ4v) is 2.39. The molecule has 0 aliphatic heterocycles. The number of fused-ring (bicyclic) bond motifs is 1. The van der Waals surface area contributed by atoms with Crippen LogP contribution >= 0.6 is 0 Å². The zero-order valence-corrected chi connectivity index (χ0v) is 13.8. The molecule has 0 fully saturated rings. The summed E-state index contributed by atoms with van der Waals surface area (Å²) in [5.74, 6) is -2.65. The predicted octanol–water partition coefficient (Wildman–Crippen LogP) is 4.11. The first-order valence-corrected chi connectivity index (χ1v) is 7.66. The zero-order valence-electron chi connectivity index (χ0n) is 13.8. The number of hydrogen-bond acceptors (Lipinski definition) is 4. The molecule has 0 saturated heterocycles. The molecule has 28 heavy (non-hydrogen) atoms. The molecule has 1 aromatic heterocycles. The van der Waals surface area contributed by atoms with Crippen LogP contribution in [0.25, 0.3) is 11.0 Å². The summed E-state index contributed by atoms with van der Waals surface area (Å²) in [7, 11) is 0. The molecule has 1 amide bonds. The molecule has 0 atom stereocenters. The van der Waals surface area contributed by atoms with Crippen molar-refractivity contribution in [2.45, 2.75) is 6.18 Å².